The summed E-state index contributed by atoms with van der Waals surface area (Å²) in [6.07, 6.45) is 0. The van der Waals surface area contributed by atoms with Crippen LogP contribution in [-0.2, 0) is 0 Å². The van der Waals surface area contributed by atoms with E-state index < -0.39 is 0 Å². The van der Waals surface area contributed by atoms with Crippen LogP contribution in [0.5, 0.6) is 0 Å². The van der Waals surface area contributed by atoms with E-state index in [-0.39, 0.29) is 0 Å². The average molecular weight is 310 g/mol. The summed E-state index contributed by atoms with van der Waals surface area (Å²) in [5, 5.41) is 1.10. The normalized spacial score (nSPS) is 15.5. The Morgan fingerprint density at radius 3 is 2.41 bits per heavy atom. The Balaban J connectivity index is 1.50. The molecule has 0 aliphatic carbocycles. The van der Waals surface area contributed by atoms with Crippen molar-refractivity contribution in [3.63, 3.8) is 0 Å². The van der Waals surface area contributed by atoms with E-state index in [0.717, 1.165) is 42.5 Å². The molecule has 0 radical (unpaired) electrons. The van der Waals surface area contributed by atoms with Gasteiger partial charge in [-0.2, -0.15) is 0 Å². The summed E-state index contributed by atoms with van der Waals surface area (Å²) in [4.78, 5) is 9.55. The van der Waals surface area contributed by atoms with E-state index in [1.54, 1.807) is 11.3 Å². The number of thiazole rings is 1. The number of nitrogen functional groups attached to an aromatic ring is 1. The van der Waals surface area contributed by atoms with Gasteiger partial charge >= 0.3 is 0 Å². The van der Waals surface area contributed by atoms with Crippen molar-refractivity contribution in [2.75, 3.05) is 41.7 Å². The molecule has 4 nitrogen and oxygen atoms in total. The standard InChI is InChI=1S/C17H18N4S/c18-13-6-7-15-16(12-13)22-17(19-15)21-10-8-20(9-11-21)14-4-2-1-3-5-14/h1-7,12H,8-11,18H2. The first-order valence-electron chi connectivity index (χ1n) is 7.50. The molecule has 22 heavy (non-hydrogen) atoms. The average Bonchev–Trinajstić information content (AvgIpc) is 2.99. The van der Waals surface area contributed by atoms with Gasteiger partial charge in [-0.25, -0.2) is 4.98 Å². The minimum Gasteiger partial charge on any atom is -0.399 e. The molecule has 1 aliphatic heterocycles. The Labute approximate surface area is 133 Å². The van der Waals surface area contributed by atoms with Crippen LogP contribution in [0, 0.1) is 0 Å². The first-order valence-corrected chi connectivity index (χ1v) is 8.32. The molecule has 0 bridgehead atoms. The van der Waals surface area contributed by atoms with Crippen LogP contribution in [0.1, 0.15) is 0 Å². The highest BCUT2D eigenvalue weighted by Crippen LogP contribution is 2.31. The topological polar surface area (TPSA) is 45.4 Å². The Morgan fingerprint density at radius 1 is 0.909 bits per heavy atom. The van der Waals surface area contributed by atoms with E-state index in [1.807, 2.05) is 18.2 Å². The summed E-state index contributed by atoms with van der Waals surface area (Å²) in [5.41, 5.74) is 9.00. The lowest BCUT2D eigenvalue weighted by atomic mass is 10.2. The minimum absolute atomic E-state index is 0.802. The molecule has 3 aromatic rings. The Bertz CT molecular complexity index is 776. The van der Waals surface area contributed by atoms with Crippen LogP contribution < -0.4 is 15.5 Å². The number of aromatic nitrogens is 1. The highest BCUT2D eigenvalue weighted by Gasteiger charge is 2.19. The van der Waals surface area contributed by atoms with Gasteiger partial charge in [0.15, 0.2) is 5.13 Å². The molecule has 1 aliphatic rings. The Hall–Kier alpha value is -2.27. The second-order valence-corrected chi connectivity index (χ2v) is 6.54. The molecule has 0 amide bonds. The molecular weight excluding hydrogens is 292 g/mol. The van der Waals surface area contributed by atoms with Crippen LogP contribution >= 0.6 is 11.3 Å². The molecule has 2 N–H and O–H groups in total. The van der Waals surface area contributed by atoms with Gasteiger partial charge in [0.25, 0.3) is 0 Å². The second kappa shape index (κ2) is 5.50. The van der Waals surface area contributed by atoms with Crippen molar-refractivity contribution in [1.82, 2.24) is 4.98 Å². The maximum atomic E-state index is 5.85. The zero-order valence-corrected chi connectivity index (χ0v) is 13.1. The third-order valence-electron chi connectivity index (χ3n) is 4.07. The summed E-state index contributed by atoms with van der Waals surface area (Å²) in [6, 6.07) is 16.5. The number of para-hydroxylation sites is 1. The number of anilines is 3. The monoisotopic (exact) mass is 310 g/mol. The van der Waals surface area contributed by atoms with Crippen LogP contribution in [0.15, 0.2) is 48.5 Å². The SMILES string of the molecule is Nc1ccc2nc(N3CCN(c4ccccc4)CC3)sc2c1. The third-order valence-corrected chi connectivity index (χ3v) is 5.15. The fraction of sp³-hybridized carbons (Fsp3) is 0.235. The molecule has 2 heterocycles. The number of hydrogen-bond acceptors (Lipinski definition) is 5. The molecule has 112 valence electrons. The molecule has 0 atom stereocenters. The van der Waals surface area contributed by atoms with Crippen LogP contribution in [0.4, 0.5) is 16.5 Å². The molecule has 5 heteroatoms. The van der Waals surface area contributed by atoms with Crippen molar-refractivity contribution in [2.24, 2.45) is 0 Å². The smallest absolute Gasteiger partial charge is 0.186 e. The molecule has 4 rings (SSSR count). The highest BCUT2D eigenvalue weighted by atomic mass is 32.1. The quantitative estimate of drug-likeness (QED) is 0.738. The van der Waals surface area contributed by atoms with E-state index in [4.69, 9.17) is 10.7 Å². The maximum Gasteiger partial charge on any atom is 0.186 e. The molecule has 2 aromatic carbocycles. The molecule has 1 aromatic heterocycles. The van der Waals surface area contributed by atoms with Crippen molar-refractivity contribution in [3.8, 4) is 0 Å². The van der Waals surface area contributed by atoms with Crippen LogP contribution in [0.3, 0.4) is 0 Å². The fourth-order valence-electron chi connectivity index (χ4n) is 2.86. The molecule has 0 saturated carbocycles. The summed E-state index contributed by atoms with van der Waals surface area (Å²) in [6.45, 7) is 4.07. The lowest BCUT2D eigenvalue weighted by Gasteiger charge is -2.35. The second-order valence-electron chi connectivity index (χ2n) is 5.53. The number of fused-ring (bicyclic) bond motifs is 1. The van der Waals surface area contributed by atoms with Crippen molar-refractivity contribution in [2.45, 2.75) is 0 Å². The molecule has 0 unspecified atom stereocenters. The van der Waals surface area contributed by atoms with Crippen molar-refractivity contribution in [3.05, 3.63) is 48.5 Å². The zero-order valence-electron chi connectivity index (χ0n) is 12.3. The van der Waals surface area contributed by atoms with E-state index in [0.29, 0.717) is 0 Å². The van der Waals surface area contributed by atoms with Gasteiger partial charge in [-0.05, 0) is 30.3 Å². The predicted octanol–water partition coefficient (Wildman–Crippen LogP) is 3.21. The van der Waals surface area contributed by atoms with Crippen LogP contribution in [-0.4, -0.2) is 31.2 Å². The first kappa shape index (κ1) is 13.4. The zero-order chi connectivity index (χ0) is 14.9. The van der Waals surface area contributed by atoms with Crippen LogP contribution in [0.2, 0.25) is 0 Å². The van der Waals surface area contributed by atoms with E-state index in [1.165, 1.54) is 10.4 Å². The Morgan fingerprint density at radius 2 is 1.64 bits per heavy atom. The van der Waals surface area contributed by atoms with Gasteiger partial charge in [0.05, 0.1) is 10.2 Å². The van der Waals surface area contributed by atoms with Crippen LogP contribution in [0.25, 0.3) is 10.2 Å². The van der Waals surface area contributed by atoms with Crippen molar-refractivity contribution >= 4 is 38.1 Å². The fourth-order valence-corrected chi connectivity index (χ4v) is 3.92. The molecular formula is C17H18N4S. The maximum absolute atomic E-state index is 5.85. The van der Waals surface area contributed by atoms with Gasteiger partial charge in [-0.3, -0.25) is 0 Å². The van der Waals surface area contributed by atoms with Gasteiger partial charge in [0.2, 0.25) is 0 Å². The molecule has 1 fully saturated rings. The first-order chi connectivity index (χ1) is 10.8. The number of benzene rings is 2. The lowest BCUT2D eigenvalue weighted by molar-refractivity contribution is 0.652. The van der Waals surface area contributed by atoms with Crippen molar-refractivity contribution < 1.29 is 0 Å². The highest BCUT2D eigenvalue weighted by molar-refractivity contribution is 7.22. The van der Waals surface area contributed by atoms with Gasteiger partial charge in [0.1, 0.15) is 0 Å². The van der Waals surface area contributed by atoms with E-state index in [2.05, 4.69) is 40.1 Å². The number of nitrogens with zero attached hydrogens (tertiary/aromatic N) is 3. The predicted molar refractivity (Wildman–Crippen MR) is 94.9 cm³/mol. The van der Waals surface area contributed by atoms with Gasteiger partial charge in [-0.1, -0.05) is 29.5 Å². The number of rotatable bonds is 2. The van der Waals surface area contributed by atoms with Gasteiger partial charge < -0.3 is 15.5 Å². The summed E-state index contributed by atoms with van der Waals surface area (Å²) >= 11 is 1.73. The molecule has 1 saturated heterocycles. The summed E-state index contributed by atoms with van der Waals surface area (Å²) in [7, 11) is 0. The largest absolute Gasteiger partial charge is 0.399 e. The summed E-state index contributed by atoms with van der Waals surface area (Å²) in [5.74, 6) is 0. The summed E-state index contributed by atoms with van der Waals surface area (Å²) < 4.78 is 1.17. The number of piperazine rings is 1. The number of nitrogens with two attached hydrogens (primary N) is 1. The Kier molecular flexibility index (Phi) is 3.35. The van der Waals surface area contributed by atoms with Gasteiger partial charge in [-0.15, -0.1) is 0 Å². The van der Waals surface area contributed by atoms with E-state index in [9.17, 15) is 0 Å². The number of hydrogen-bond donors (Lipinski definition) is 1. The lowest BCUT2D eigenvalue weighted by Crippen LogP contribution is -2.46. The van der Waals surface area contributed by atoms with Gasteiger partial charge in [0, 0.05) is 37.6 Å². The third kappa shape index (κ3) is 2.48. The van der Waals surface area contributed by atoms with E-state index >= 15 is 0 Å². The van der Waals surface area contributed by atoms with Crippen molar-refractivity contribution in [1.29, 1.82) is 0 Å². The molecule has 0 spiro atoms. The minimum atomic E-state index is 0.802.